The van der Waals surface area contributed by atoms with Crippen molar-refractivity contribution in [2.75, 3.05) is 32.8 Å². The van der Waals surface area contributed by atoms with Crippen LogP contribution in [0.2, 0.25) is 0 Å². The molecular formula is C20H24N2O5. The number of rotatable bonds is 2. The van der Waals surface area contributed by atoms with Crippen LogP contribution in [0.15, 0.2) is 24.3 Å². The molecule has 0 spiro atoms. The monoisotopic (exact) mass is 372 g/mol. The quantitative estimate of drug-likeness (QED) is 0.846. The zero-order chi connectivity index (χ0) is 19.2. The predicted octanol–water partition coefficient (Wildman–Crippen LogP) is 1.33. The first kappa shape index (κ1) is 17.8. The third-order valence-electron chi connectivity index (χ3n) is 6.35. The number of nitrogens with zero attached hydrogens (tertiary/aromatic N) is 2. The Morgan fingerprint density at radius 3 is 2.52 bits per heavy atom. The van der Waals surface area contributed by atoms with Crippen LogP contribution in [0.1, 0.15) is 31.2 Å². The van der Waals surface area contributed by atoms with Crippen LogP contribution in [0, 0.1) is 11.3 Å². The number of aliphatic carboxylic acids is 1. The van der Waals surface area contributed by atoms with Crippen molar-refractivity contribution in [1.29, 1.82) is 0 Å². The molecule has 0 aliphatic carbocycles. The lowest BCUT2D eigenvalue weighted by Crippen LogP contribution is -2.47. The number of likely N-dealkylation sites (tertiary alicyclic amines) is 2. The van der Waals surface area contributed by atoms with Gasteiger partial charge >= 0.3 is 5.97 Å². The Kier molecular flexibility index (Phi) is 4.32. The predicted molar refractivity (Wildman–Crippen MR) is 96.3 cm³/mol. The molecule has 3 aliphatic rings. The lowest BCUT2D eigenvalue weighted by atomic mass is 9.73. The number of hydrogen-bond acceptors (Lipinski definition) is 4. The summed E-state index contributed by atoms with van der Waals surface area (Å²) in [6.45, 7) is 3.36. The van der Waals surface area contributed by atoms with Gasteiger partial charge in [-0.15, -0.1) is 0 Å². The Morgan fingerprint density at radius 1 is 1.15 bits per heavy atom. The van der Waals surface area contributed by atoms with Gasteiger partial charge in [0.2, 0.25) is 11.8 Å². The Morgan fingerprint density at radius 2 is 1.85 bits per heavy atom. The maximum atomic E-state index is 13.1. The molecule has 7 nitrogen and oxygen atoms in total. The summed E-state index contributed by atoms with van der Waals surface area (Å²) >= 11 is 0. The minimum Gasteiger partial charge on any atom is -0.492 e. The number of hydrogen-bond donors (Lipinski definition) is 1. The molecule has 3 heterocycles. The van der Waals surface area contributed by atoms with Gasteiger partial charge in [0, 0.05) is 50.5 Å². The Balaban J connectivity index is 1.54. The highest BCUT2D eigenvalue weighted by Crippen LogP contribution is 2.50. The molecule has 0 unspecified atom stereocenters. The van der Waals surface area contributed by atoms with Crippen LogP contribution in [0.25, 0.3) is 0 Å². The maximum absolute atomic E-state index is 13.1. The van der Waals surface area contributed by atoms with Crippen LogP contribution in [-0.4, -0.2) is 65.5 Å². The number of carbonyl (C=O) groups excluding carboxylic acids is 2. The number of para-hydroxylation sites is 1. The third kappa shape index (κ3) is 2.85. The average Bonchev–Trinajstić information content (AvgIpc) is 3.09. The number of piperidine rings is 1. The number of fused-ring (bicyclic) bond motifs is 3. The SMILES string of the molecule is CC(=O)N1CCC(C(=O)N2C[C@H]3c4ccccc4OC[C@@]3(C(=O)O)C2)CC1. The Labute approximate surface area is 157 Å². The molecule has 2 saturated heterocycles. The lowest BCUT2D eigenvalue weighted by Gasteiger charge is -2.35. The Hall–Kier alpha value is -2.57. The highest BCUT2D eigenvalue weighted by atomic mass is 16.5. The van der Waals surface area contributed by atoms with E-state index in [4.69, 9.17) is 4.74 Å². The first-order valence-corrected chi connectivity index (χ1v) is 9.42. The van der Waals surface area contributed by atoms with Gasteiger partial charge in [-0.2, -0.15) is 0 Å². The van der Waals surface area contributed by atoms with Gasteiger partial charge in [0.1, 0.15) is 17.8 Å². The summed E-state index contributed by atoms with van der Waals surface area (Å²) in [5.41, 5.74) is -0.225. The fraction of sp³-hybridized carbons (Fsp3) is 0.550. The van der Waals surface area contributed by atoms with Gasteiger partial charge in [-0.05, 0) is 18.9 Å². The molecule has 1 N–H and O–H groups in total. The maximum Gasteiger partial charge on any atom is 0.315 e. The molecule has 1 aromatic rings. The summed E-state index contributed by atoms with van der Waals surface area (Å²) in [5, 5.41) is 9.97. The van der Waals surface area contributed by atoms with E-state index in [0.717, 1.165) is 5.56 Å². The number of carbonyl (C=O) groups is 3. The number of amides is 2. The van der Waals surface area contributed by atoms with Gasteiger partial charge in [0.05, 0.1) is 0 Å². The molecule has 2 fully saturated rings. The van der Waals surface area contributed by atoms with Crippen LogP contribution < -0.4 is 4.74 Å². The number of carboxylic acid groups (broad SMARTS) is 1. The van der Waals surface area contributed by atoms with Crippen molar-refractivity contribution < 1.29 is 24.2 Å². The minimum atomic E-state index is -1.09. The number of benzene rings is 1. The summed E-state index contributed by atoms with van der Waals surface area (Å²) in [5.74, 6) is -0.575. The van der Waals surface area contributed by atoms with Crippen LogP contribution in [0.3, 0.4) is 0 Å². The van der Waals surface area contributed by atoms with E-state index < -0.39 is 11.4 Å². The molecule has 3 aliphatic heterocycles. The van der Waals surface area contributed by atoms with E-state index in [1.807, 2.05) is 24.3 Å². The van der Waals surface area contributed by atoms with Crippen LogP contribution in [0.4, 0.5) is 0 Å². The van der Waals surface area contributed by atoms with E-state index in [9.17, 15) is 19.5 Å². The van der Waals surface area contributed by atoms with Crippen LogP contribution >= 0.6 is 0 Å². The highest BCUT2D eigenvalue weighted by Gasteiger charge is 2.57. The van der Waals surface area contributed by atoms with Crippen molar-refractivity contribution >= 4 is 17.8 Å². The number of ether oxygens (including phenoxy) is 1. The van der Waals surface area contributed by atoms with E-state index in [1.54, 1.807) is 16.7 Å². The average molecular weight is 372 g/mol. The van der Waals surface area contributed by atoms with E-state index in [0.29, 0.717) is 38.2 Å². The van der Waals surface area contributed by atoms with Crippen LogP contribution in [0.5, 0.6) is 5.75 Å². The summed E-state index contributed by atoms with van der Waals surface area (Å²) in [7, 11) is 0. The first-order chi connectivity index (χ1) is 12.9. The second-order valence-corrected chi connectivity index (χ2v) is 7.84. The van der Waals surface area contributed by atoms with E-state index >= 15 is 0 Å². The molecular weight excluding hydrogens is 348 g/mol. The number of carboxylic acids is 1. The van der Waals surface area contributed by atoms with Crippen molar-refractivity contribution in [2.45, 2.75) is 25.7 Å². The van der Waals surface area contributed by atoms with Gasteiger partial charge in [-0.1, -0.05) is 18.2 Å². The molecule has 27 heavy (non-hydrogen) atoms. The molecule has 7 heteroatoms. The summed E-state index contributed by atoms with van der Waals surface area (Å²) in [4.78, 5) is 40.2. The van der Waals surface area contributed by atoms with Gasteiger partial charge in [0.25, 0.3) is 0 Å². The fourth-order valence-electron chi connectivity index (χ4n) is 4.70. The van der Waals surface area contributed by atoms with Gasteiger partial charge in [-0.25, -0.2) is 0 Å². The van der Waals surface area contributed by atoms with Gasteiger partial charge in [-0.3, -0.25) is 14.4 Å². The Bertz CT molecular complexity index is 786. The van der Waals surface area contributed by atoms with Gasteiger partial charge < -0.3 is 19.6 Å². The van der Waals surface area contributed by atoms with Crippen molar-refractivity contribution in [1.82, 2.24) is 9.80 Å². The standard InChI is InChI=1S/C20H24N2O5/c1-13(23)21-8-6-14(7-9-21)18(24)22-10-16-15-4-2-3-5-17(15)27-12-20(16,11-22)19(25)26/h2-5,14,16H,6-12H2,1H3,(H,25,26)/t16-,20-/m0/s1. The second kappa shape index (κ2) is 6.55. The highest BCUT2D eigenvalue weighted by molar-refractivity contribution is 5.84. The zero-order valence-electron chi connectivity index (χ0n) is 15.4. The molecule has 4 rings (SSSR count). The summed E-state index contributed by atoms with van der Waals surface area (Å²) < 4.78 is 5.75. The van der Waals surface area contributed by atoms with E-state index in [1.165, 1.54) is 0 Å². The molecule has 2 atom stereocenters. The van der Waals surface area contributed by atoms with E-state index in [2.05, 4.69) is 0 Å². The minimum absolute atomic E-state index is 0.00529. The van der Waals surface area contributed by atoms with Crippen molar-refractivity contribution in [2.24, 2.45) is 11.3 Å². The molecule has 1 aromatic carbocycles. The van der Waals surface area contributed by atoms with Crippen LogP contribution in [-0.2, 0) is 14.4 Å². The molecule has 0 bridgehead atoms. The first-order valence-electron chi connectivity index (χ1n) is 9.42. The smallest absolute Gasteiger partial charge is 0.315 e. The lowest BCUT2D eigenvalue weighted by molar-refractivity contribution is -0.152. The molecule has 144 valence electrons. The largest absolute Gasteiger partial charge is 0.492 e. The van der Waals surface area contributed by atoms with E-state index in [-0.39, 0.29) is 36.8 Å². The van der Waals surface area contributed by atoms with Crippen molar-refractivity contribution in [3.63, 3.8) is 0 Å². The molecule has 0 radical (unpaired) electrons. The zero-order valence-corrected chi connectivity index (χ0v) is 15.4. The normalized spacial score (nSPS) is 27.5. The third-order valence-corrected chi connectivity index (χ3v) is 6.35. The van der Waals surface area contributed by atoms with Crippen molar-refractivity contribution in [3.8, 4) is 5.75 Å². The topological polar surface area (TPSA) is 87.2 Å². The second-order valence-electron chi connectivity index (χ2n) is 7.84. The van der Waals surface area contributed by atoms with Crippen molar-refractivity contribution in [3.05, 3.63) is 29.8 Å². The fourth-order valence-corrected chi connectivity index (χ4v) is 4.70. The molecule has 2 amide bonds. The van der Waals surface area contributed by atoms with Gasteiger partial charge in [0.15, 0.2) is 0 Å². The molecule has 0 saturated carbocycles. The molecule has 0 aromatic heterocycles. The summed E-state index contributed by atoms with van der Waals surface area (Å²) in [6, 6.07) is 7.49. The summed E-state index contributed by atoms with van der Waals surface area (Å²) in [6.07, 6.45) is 1.26.